The second-order valence-electron chi connectivity index (χ2n) is 17.6. The van der Waals surface area contributed by atoms with Crippen LogP contribution in [0.1, 0.15) is 86.2 Å². The summed E-state index contributed by atoms with van der Waals surface area (Å²) in [4.78, 5) is 74.1. The molecule has 14 nitrogen and oxygen atoms in total. The monoisotopic (exact) mass is 890 g/mol. The third kappa shape index (κ3) is 10.7. The lowest BCUT2D eigenvalue weighted by Gasteiger charge is -2.29. The largest absolute Gasteiger partial charge is 0.465 e. The van der Waals surface area contributed by atoms with Crippen LogP contribution in [0.4, 0.5) is 9.59 Å². The summed E-state index contributed by atoms with van der Waals surface area (Å²) in [5, 5.41) is 19.6. The number of benzene rings is 4. The van der Waals surface area contributed by atoms with Gasteiger partial charge in [0.2, 0.25) is 11.8 Å². The number of imidazole rings is 2. The zero-order chi connectivity index (χ0) is 46.2. The minimum atomic E-state index is -1.05. The molecular formula is C52H58N8O6. The second-order valence-corrected chi connectivity index (χ2v) is 17.6. The summed E-state index contributed by atoms with van der Waals surface area (Å²) in [6.07, 6.45) is 7.45. The molecule has 0 unspecified atom stereocenters. The highest BCUT2D eigenvalue weighted by molar-refractivity contribution is 5.79. The van der Waals surface area contributed by atoms with Crippen LogP contribution in [0, 0.1) is 0 Å². The molecule has 0 spiro atoms. The smallest absolute Gasteiger partial charge is 0.407 e. The molecule has 0 bridgehead atoms. The van der Waals surface area contributed by atoms with E-state index in [1.165, 1.54) is 23.9 Å². The van der Waals surface area contributed by atoms with Gasteiger partial charge in [-0.05, 0) is 84.7 Å². The van der Waals surface area contributed by atoms with Crippen molar-refractivity contribution in [1.29, 1.82) is 0 Å². The Balaban J connectivity index is 0.875. The second kappa shape index (κ2) is 20.7. The highest BCUT2D eigenvalue weighted by Gasteiger charge is 2.36. The van der Waals surface area contributed by atoms with E-state index in [1.807, 2.05) is 82.9 Å². The number of carbonyl (C=O) groups is 4. The molecule has 2 aromatic heterocycles. The number of carbonyl (C=O) groups excluding carboxylic acids is 2. The summed E-state index contributed by atoms with van der Waals surface area (Å²) >= 11 is 0. The van der Waals surface area contributed by atoms with E-state index in [0.29, 0.717) is 38.8 Å². The van der Waals surface area contributed by atoms with Crippen LogP contribution in [0.2, 0.25) is 0 Å². The summed E-state index contributed by atoms with van der Waals surface area (Å²) < 4.78 is 0. The molecule has 2 aliphatic heterocycles. The molecule has 4 aromatic carbocycles. The fourth-order valence-corrected chi connectivity index (χ4v) is 9.46. The molecule has 4 heterocycles. The van der Waals surface area contributed by atoms with Crippen LogP contribution >= 0.6 is 0 Å². The van der Waals surface area contributed by atoms with Crippen molar-refractivity contribution in [1.82, 2.24) is 39.5 Å². The van der Waals surface area contributed by atoms with E-state index in [0.717, 1.165) is 82.1 Å². The fraction of sp³-hybridized carbons (Fsp3) is 0.346. The van der Waals surface area contributed by atoms with Crippen molar-refractivity contribution < 1.29 is 29.4 Å². The highest BCUT2D eigenvalue weighted by Crippen LogP contribution is 2.35. The third-order valence-electron chi connectivity index (χ3n) is 13.4. The Hall–Kier alpha value is -7.22. The number of carboxylic acid groups (broad SMARTS) is 2. The average molecular weight is 891 g/mol. The van der Waals surface area contributed by atoms with Crippen LogP contribution < -0.4 is 0 Å². The number of H-pyrrole nitrogens is 2. The first kappa shape index (κ1) is 45.4. The van der Waals surface area contributed by atoms with E-state index in [1.54, 1.807) is 0 Å². The molecule has 8 rings (SSSR count). The van der Waals surface area contributed by atoms with Gasteiger partial charge in [0, 0.05) is 52.1 Å². The summed E-state index contributed by atoms with van der Waals surface area (Å²) in [7, 11) is 3.08. The third-order valence-corrected chi connectivity index (χ3v) is 13.4. The van der Waals surface area contributed by atoms with Gasteiger partial charge in [0.25, 0.3) is 0 Å². The number of likely N-dealkylation sites (tertiary alicyclic amines) is 2. The van der Waals surface area contributed by atoms with Gasteiger partial charge in [0.1, 0.15) is 11.6 Å². The maximum Gasteiger partial charge on any atom is 0.407 e. The Kier molecular flexibility index (Phi) is 14.2. The molecule has 0 aliphatic carbocycles. The number of nitrogens with zero attached hydrogens (tertiary/aromatic N) is 6. The lowest BCUT2D eigenvalue weighted by molar-refractivity contribution is -0.134. The van der Waals surface area contributed by atoms with Gasteiger partial charge in [0.05, 0.1) is 35.9 Å². The van der Waals surface area contributed by atoms with Crippen molar-refractivity contribution in [3.63, 3.8) is 0 Å². The molecule has 342 valence electrons. The summed E-state index contributed by atoms with van der Waals surface area (Å²) in [6, 6.07) is 35.0. The molecule has 4 amide bonds. The molecule has 0 radical (unpaired) electrons. The van der Waals surface area contributed by atoms with Crippen LogP contribution in [0.3, 0.4) is 0 Å². The number of hydrogen-bond donors (Lipinski definition) is 4. The quantitative estimate of drug-likeness (QED) is 0.0699. The number of rotatable bonds is 17. The molecule has 14 heteroatoms. The van der Waals surface area contributed by atoms with Gasteiger partial charge in [-0.25, -0.2) is 19.6 Å². The molecule has 4 atom stereocenters. The van der Waals surface area contributed by atoms with Crippen LogP contribution in [0.25, 0.3) is 33.6 Å². The van der Waals surface area contributed by atoms with Gasteiger partial charge in [-0.15, -0.1) is 0 Å². The average Bonchev–Trinajstić information content (AvgIpc) is 4.20. The lowest BCUT2D eigenvalue weighted by Crippen LogP contribution is -2.41. The van der Waals surface area contributed by atoms with Gasteiger partial charge >= 0.3 is 12.2 Å². The standard InChI is InChI=1S/C52H58N8O6/c1-57(51(63)64)41(27-17-35-11-5-3-6-12-35)31-47(61)59-29-9-15-45(59)49-53-33-43(55-49)39-23-19-37(20-24-39)38-21-25-40(26-22-38)44-34-54-50(56-44)46-16-10-30-60(46)48(62)32-42(58(2)52(65)66)28-18-36-13-7-4-8-14-36/h3-8,11-14,19-26,33-34,41-42,45-46H,9-10,15-18,27-32H2,1-2H3,(H,53,55)(H,54,56)(H,63,64)(H,65,66)/t41-,42-,45+,46+/m1/s1. The highest BCUT2D eigenvalue weighted by atomic mass is 16.4. The van der Waals surface area contributed by atoms with Gasteiger partial charge in [-0.1, -0.05) is 109 Å². The molecule has 4 N–H and O–H groups in total. The molecule has 2 fully saturated rings. The number of aromatic amines is 2. The van der Waals surface area contributed by atoms with E-state index in [-0.39, 0.29) is 36.7 Å². The van der Waals surface area contributed by atoms with Gasteiger partial charge < -0.3 is 39.8 Å². The topological polar surface area (TPSA) is 179 Å². The summed E-state index contributed by atoms with van der Waals surface area (Å²) in [5.74, 6) is 1.31. The van der Waals surface area contributed by atoms with E-state index >= 15 is 0 Å². The molecule has 6 aromatic rings. The molecule has 2 saturated heterocycles. The normalized spacial score (nSPS) is 16.8. The minimum Gasteiger partial charge on any atom is -0.465 e. The fourth-order valence-electron chi connectivity index (χ4n) is 9.46. The van der Waals surface area contributed by atoms with Gasteiger partial charge in [0.15, 0.2) is 0 Å². The zero-order valence-corrected chi connectivity index (χ0v) is 37.6. The Morgan fingerprint density at radius 2 is 0.939 bits per heavy atom. The molecular weight excluding hydrogens is 833 g/mol. The van der Waals surface area contributed by atoms with Crippen molar-refractivity contribution in [2.24, 2.45) is 0 Å². The SMILES string of the molecule is CN(C(=O)O)[C@H](CCc1ccccc1)CC(=O)N1CCC[C@H]1c1ncc(-c2ccc(-c3ccc(-c4cnc([C@@H]5CCCN5C(=O)C[C@@H](CCc5ccccc5)N(C)C(=O)O)[nH]4)cc3)cc2)[nH]1. The van der Waals surface area contributed by atoms with Crippen LogP contribution in [-0.4, -0.2) is 113 Å². The predicted octanol–water partition coefficient (Wildman–Crippen LogP) is 9.46. The number of aromatic nitrogens is 4. The van der Waals surface area contributed by atoms with Gasteiger partial charge in [-0.3, -0.25) is 9.59 Å². The lowest BCUT2D eigenvalue weighted by atomic mass is 10.0. The first-order valence-electron chi connectivity index (χ1n) is 22.9. The first-order valence-corrected chi connectivity index (χ1v) is 22.9. The van der Waals surface area contributed by atoms with E-state index in [9.17, 15) is 29.4 Å². The Bertz CT molecular complexity index is 2400. The van der Waals surface area contributed by atoms with Crippen LogP contribution in [-0.2, 0) is 22.4 Å². The number of aryl methyl sites for hydroxylation is 2. The molecule has 0 saturated carbocycles. The molecule has 66 heavy (non-hydrogen) atoms. The number of hydrogen-bond acceptors (Lipinski definition) is 6. The Morgan fingerprint density at radius 3 is 1.30 bits per heavy atom. The zero-order valence-electron chi connectivity index (χ0n) is 37.6. The summed E-state index contributed by atoms with van der Waals surface area (Å²) in [5.41, 5.74) is 7.95. The predicted molar refractivity (Wildman–Crippen MR) is 252 cm³/mol. The van der Waals surface area contributed by atoms with Crippen molar-refractivity contribution in [3.05, 3.63) is 144 Å². The maximum absolute atomic E-state index is 13.8. The van der Waals surface area contributed by atoms with E-state index in [2.05, 4.69) is 58.5 Å². The van der Waals surface area contributed by atoms with Crippen molar-refractivity contribution >= 4 is 24.0 Å². The Morgan fingerprint density at radius 1 is 0.576 bits per heavy atom. The van der Waals surface area contributed by atoms with Crippen molar-refractivity contribution in [3.8, 4) is 33.6 Å². The van der Waals surface area contributed by atoms with Crippen molar-refractivity contribution in [2.45, 2.75) is 88.4 Å². The van der Waals surface area contributed by atoms with Crippen LogP contribution in [0.15, 0.2) is 122 Å². The van der Waals surface area contributed by atoms with Gasteiger partial charge in [-0.2, -0.15) is 0 Å². The first-order chi connectivity index (χ1) is 32.0. The van der Waals surface area contributed by atoms with Crippen LogP contribution in [0.5, 0.6) is 0 Å². The maximum atomic E-state index is 13.8. The summed E-state index contributed by atoms with van der Waals surface area (Å²) in [6.45, 7) is 1.20. The number of amides is 4. The van der Waals surface area contributed by atoms with E-state index in [4.69, 9.17) is 9.97 Å². The minimum absolute atomic E-state index is 0.0690. The van der Waals surface area contributed by atoms with Crippen molar-refractivity contribution in [2.75, 3.05) is 27.2 Å². The molecule has 2 aliphatic rings. The number of nitrogens with one attached hydrogen (secondary N) is 2. The Labute approximate surface area is 385 Å². The van der Waals surface area contributed by atoms with E-state index < -0.39 is 24.3 Å².